The predicted molar refractivity (Wildman–Crippen MR) is 99.5 cm³/mol. The molecule has 0 aliphatic carbocycles. The number of carbonyl (C=O) groups excluding carboxylic acids is 1. The van der Waals surface area contributed by atoms with Gasteiger partial charge in [0.2, 0.25) is 0 Å². The summed E-state index contributed by atoms with van der Waals surface area (Å²) in [6.45, 7) is 7.85. The molecule has 0 atom stereocenters. The van der Waals surface area contributed by atoms with Gasteiger partial charge in [0.1, 0.15) is 12.4 Å². The molecule has 1 N–H and O–H groups in total. The molecule has 1 amide bonds. The molecule has 0 fully saturated rings. The molecule has 0 aliphatic heterocycles. The zero-order chi connectivity index (χ0) is 17.9. The number of hydrogen-bond acceptors (Lipinski definition) is 4. The summed E-state index contributed by atoms with van der Waals surface area (Å²) >= 11 is 0. The Balaban J connectivity index is 1.82. The highest BCUT2D eigenvalue weighted by Gasteiger charge is 2.01. The average Bonchev–Trinajstić information content (AvgIpc) is 2.66. The van der Waals surface area contributed by atoms with E-state index in [0.29, 0.717) is 17.9 Å². The van der Waals surface area contributed by atoms with Crippen molar-refractivity contribution in [2.24, 2.45) is 0 Å². The van der Waals surface area contributed by atoms with E-state index in [2.05, 4.69) is 40.9 Å². The molecule has 1 aromatic carbocycles. The summed E-state index contributed by atoms with van der Waals surface area (Å²) in [6, 6.07) is 10.9. The highest BCUT2D eigenvalue weighted by Crippen LogP contribution is 2.15. The highest BCUT2D eigenvalue weighted by molar-refractivity contribution is 6.04. The first-order chi connectivity index (χ1) is 12.2. The number of amides is 1. The number of carbonyl (C=O) groups is 1. The van der Waals surface area contributed by atoms with Gasteiger partial charge in [0.25, 0.3) is 0 Å². The molecule has 5 heteroatoms. The van der Waals surface area contributed by atoms with Crippen LogP contribution < -0.4 is 10.1 Å². The fourth-order valence-corrected chi connectivity index (χ4v) is 2.19. The van der Waals surface area contributed by atoms with Crippen LogP contribution in [0.1, 0.15) is 19.4 Å². The summed E-state index contributed by atoms with van der Waals surface area (Å²) in [5, 5.41) is 2.74. The maximum atomic E-state index is 11.8. The van der Waals surface area contributed by atoms with Crippen LogP contribution in [0.4, 0.5) is 5.69 Å². The number of benzene rings is 1. The molecule has 0 spiro atoms. The summed E-state index contributed by atoms with van der Waals surface area (Å²) in [6.07, 6.45) is 3.28. The second kappa shape index (κ2) is 10.1. The lowest BCUT2D eigenvalue weighted by atomic mass is 10.3. The van der Waals surface area contributed by atoms with E-state index < -0.39 is 0 Å². The third kappa shape index (κ3) is 6.66. The zero-order valence-electron chi connectivity index (χ0n) is 14.7. The Kier molecular flexibility index (Phi) is 7.48. The van der Waals surface area contributed by atoms with Gasteiger partial charge in [0, 0.05) is 36.1 Å². The Morgan fingerprint density at radius 1 is 1.20 bits per heavy atom. The minimum absolute atomic E-state index is 0.362. The minimum atomic E-state index is -0.362. The maximum Gasteiger partial charge on any atom is 0.300 e. The lowest BCUT2D eigenvalue weighted by Crippen LogP contribution is -2.27. The molecule has 1 aromatic heterocycles. The van der Waals surface area contributed by atoms with Crippen LogP contribution in [0, 0.1) is 11.8 Å². The SMILES string of the molecule is CCN(CC)CCOc1ccc(NC(=O)C#Cc2cccnc2)cc1. The van der Waals surface area contributed by atoms with E-state index in [-0.39, 0.29) is 5.91 Å². The highest BCUT2D eigenvalue weighted by atomic mass is 16.5. The number of nitrogens with one attached hydrogen (secondary N) is 1. The normalized spacial score (nSPS) is 10.0. The summed E-state index contributed by atoms with van der Waals surface area (Å²) in [4.78, 5) is 18.1. The Labute approximate surface area is 149 Å². The topological polar surface area (TPSA) is 54.5 Å². The molecule has 2 rings (SSSR count). The molecular formula is C20H23N3O2. The van der Waals surface area contributed by atoms with E-state index in [4.69, 9.17) is 4.74 Å². The van der Waals surface area contributed by atoms with Crippen molar-refractivity contribution in [1.82, 2.24) is 9.88 Å². The van der Waals surface area contributed by atoms with Crippen molar-refractivity contribution in [2.75, 3.05) is 31.6 Å². The van der Waals surface area contributed by atoms with E-state index >= 15 is 0 Å². The molecule has 0 aliphatic rings. The largest absolute Gasteiger partial charge is 0.492 e. The summed E-state index contributed by atoms with van der Waals surface area (Å²) < 4.78 is 5.72. The molecule has 0 saturated heterocycles. The molecule has 0 bridgehead atoms. The zero-order valence-corrected chi connectivity index (χ0v) is 14.7. The number of anilines is 1. The van der Waals surface area contributed by atoms with Crippen LogP contribution in [0.3, 0.4) is 0 Å². The standard InChI is InChI=1S/C20H23N3O2/c1-3-23(4-2)14-15-25-19-10-8-18(9-11-19)22-20(24)12-7-17-6-5-13-21-16-17/h5-6,8-11,13,16H,3-4,14-15H2,1-2H3,(H,22,24). The van der Waals surface area contributed by atoms with Crippen molar-refractivity contribution in [2.45, 2.75) is 13.8 Å². The second-order valence-corrected chi connectivity index (χ2v) is 5.35. The molecule has 5 nitrogen and oxygen atoms in total. The fraction of sp³-hybridized carbons (Fsp3) is 0.300. The number of nitrogens with zero attached hydrogens (tertiary/aromatic N) is 2. The maximum absolute atomic E-state index is 11.8. The van der Waals surface area contributed by atoms with Gasteiger partial charge >= 0.3 is 5.91 Å². The molecule has 0 radical (unpaired) electrons. The van der Waals surface area contributed by atoms with Crippen LogP contribution in [-0.2, 0) is 4.79 Å². The Bertz CT molecular complexity index is 714. The monoisotopic (exact) mass is 337 g/mol. The second-order valence-electron chi connectivity index (χ2n) is 5.35. The molecule has 1 heterocycles. The lowest BCUT2D eigenvalue weighted by molar-refractivity contribution is -0.111. The van der Waals surface area contributed by atoms with Gasteiger partial charge < -0.3 is 15.0 Å². The number of pyridine rings is 1. The van der Waals surface area contributed by atoms with E-state index in [1.807, 2.05) is 12.1 Å². The van der Waals surface area contributed by atoms with Gasteiger partial charge in [-0.05, 0) is 49.5 Å². The molecule has 25 heavy (non-hydrogen) atoms. The van der Waals surface area contributed by atoms with Gasteiger partial charge in [0.15, 0.2) is 0 Å². The smallest absolute Gasteiger partial charge is 0.300 e. The molecule has 0 saturated carbocycles. The van der Waals surface area contributed by atoms with Crippen molar-refractivity contribution in [3.63, 3.8) is 0 Å². The molecular weight excluding hydrogens is 314 g/mol. The van der Waals surface area contributed by atoms with Gasteiger partial charge in [-0.1, -0.05) is 19.8 Å². The fourth-order valence-electron chi connectivity index (χ4n) is 2.19. The third-order valence-corrected chi connectivity index (χ3v) is 3.66. The van der Waals surface area contributed by atoms with Gasteiger partial charge in [-0.2, -0.15) is 0 Å². The number of hydrogen-bond donors (Lipinski definition) is 1. The summed E-state index contributed by atoms with van der Waals surface area (Å²) in [5.41, 5.74) is 1.39. The number of aromatic nitrogens is 1. The first-order valence-corrected chi connectivity index (χ1v) is 8.39. The van der Waals surface area contributed by atoms with E-state index in [0.717, 1.165) is 25.4 Å². The molecule has 0 unspecified atom stereocenters. The third-order valence-electron chi connectivity index (χ3n) is 3.66. The van der Waals surface area contributed by atoms with Crippen molar-refractivity contribution in [3.8, 4) is 17.6 Å². The first kappa shape index (κ1) is 18.5. The van der Waals surface area contributed by atoms with Crippen molar-refractivity contribution in [3.05, 3.63) is 54.4 Å². The van der Waals surface area contributed by atoms with Crippen LogP contribution in [0.2, 0.25) is 0 Å². The van der Waals surface area contributed by atoms with Crippen LogP contribution in [0.15, 0.2) is 48.8 Å². The van der Waals surface area contributed by atoms with Crippen LogP contribution in [0.25, 0.3) is 0 Å². The van der Waals surface area contributed by atoms with E-state index in [1.165, 1.54) is 0 Å². The average molecular weight is 337 g/mol. The Hall–Kier alpha value is -2.84. The van der Waals surface area contributed by atoms with Gasteiger partial charge in [0.05, 0.1) is 0 Å². The van der Waals surface area contributed by atoms with Gasteiger partial charge in [-0.3, -0.25) is 9.78 Å². The van der Waals surface area contributed by atoms with Crippen molar-refractivity contribution in [1.29, 1.82) is 0 Å². The van der Waals surface area contributed by atoms with Crippen molar-refractivity contribution < 1.29 is 9.53 Å². The summed E-state index contributed by atoms with van der Waals surface area (Å²) in [7, 11) is 0. The minimum Gasteiger partial charge on any atom is -0.492 e. The van der Waals surface area contributed by atoms with E-state index in [9.17, 15) is 4.79 Å². The van der Waals surface area contributed by atoms with Gasteiger partial charge in [-0.15, -0.1) is 0 Å². The van der Waals surface area contributed by atoms with Crippen LogP contribution in [0.5, 0.6) is 5.75 Å². The van der Waals surface area contributed by atoms with Gasteiger partial charge in [-0.25, -0.2) is 0 Å². The number of likely N-dealkylation sites (N-methyl/N-ethyl adjacent to an activating group) is 1. The predicted octanol–water partition coefficient (Wildman–Crippen LogP) is 2.79. The Morgan fingerprint density at radius 2 is 1.96 bits per heavy atom. The quantitative estimate of drug-likeness (QED) is 0.790. The number of rotatable bonds is 7. The number of ether oxygens (including phenoxy) is 1. The molecule has 130 valence electrons. The summed E-state index contributed by atoms with van der Waals surface area (Å²) in [5.74, 6) is 5.74. The van der Waals surface area contributed by atoms with Crippen LogP contribution >= 0.6 is 0 Å². The molecule has 2 aromatic rings. The lowest BCUT2D eigenvalue weighted by Gasteiger charge is -2.18. The van der Waals surface area contributed by atoms with Crippen LogP contribution in [-0.4, -0.2) is 42.0 Å². The Morgan fingerprint density at radius 3 is 2.60 bits per heavy atom. The van der Waals surface area contributed by atoms with E-state index in [1.54, 1.807) is 36.7 Å². The van der Waals surface area contributed by atoms with Crippen molar-refractivity contribution >= 4 is 11.6 Å². The first-order valence-electron chi connectivity index (χ1n) is 8.39.